The molecule has 19 heavy (non-hydrogen) atoms. The molecule has 0 bridgehead atoms. The normalized spacial score (nSPS) is 19.8. The Morgan fingerprint density at radius 3 is 2.21 bits per heavy atom. The van der Waals surface area contributed by atoms with Gasteiger partial charge in [0.15, 0.2) is 0 Å². The lowest BCUT2D eigenvalue weighted by molar-refractivity contribution is -0.384. The van der Waals surface area contributed by atoms with Crippen LogP contribution in [0, 0.1) is 20.9 Å². The van der Waals surface area contributed by atoms with Crippen LogP contribution in [0.1, 0.15) is 27.7 Å². The summed E-state index contributed by atoms with van der Waals surface area (Å²) in [6.07, 6.45) is 0. The second kappa shape index (κ2) is 4.06. The SMILES string of the molecule is CC1(C)C(Nc2cc([N+](=O)[O-])cc(NN)n2)C1(C)C. The van der Waals surface area contributed by atoms with Gasteiger partial charge < -0.3 is 10.7 Å². The molecular weight excluding hydrogens is 246 g/mol. The Labute approximate surface area is 111 Å². The van der Waals surface area contributed by atoms with E-state index in [0.717, 1.165) is 0 Å². The van der Waals surface area contributed by atoms with Gasteiger partial charge in [-0.25, -0.2) is 10.8 Å². The third-order valence-corrected chi connectivity index (χ3v) is 4.48. The number of nitrogens with two attached hydrogens (primary N) is 1. The quantitative estimate of drug-likeness (QED) is 0.437. The maximum atomic E-state index is 10.9. The van der Waals surface area contributed by atoms with Gasteiger partial charge in [-0.1, -0.05) is 27.7 Å². The second-order valence-electron chi connectivity index (χ2n) is 6.02. The van der Waals surface area contributed by atoms with Crippen molar-refractivity contribution in [3.8, 4) is 0 Å². The van der Waals surface area contributed by atoms with E-state index in [9.17, 15) is 10.1 Å². The Bertz CT molecular complexity index is 513. The highest BCUT2D eigenvalue weighted by Gasteiger charge is 2.65. The number of nitrogens with zero attached hydrogens (tertiary/aromatic N) is 2. The molecule has 1 heterocycles. The van der Waals surface area contributed by atoms with Gasteiger partial charge in [-0.3, -0.25) is 10.1 Å². The molecule has 2 rings (SSSR count). The first-order chi connectivity index (χ1) is 8.70. The summed E-state index contributed by atoms with van der Waals surface area (Å²) in [4.78, 5) is 14.6. The van der Waals surface area contributed by atoms with Crippen molar-refractivity contribution in [3.63, 3.8) is 0 Å². The first-order valence-electron chi connectivity index (χ1n) is 6.10. The minimum absolute atomic E-state index is 0.0401. The Kier molecular flexibility index (Phi) is 2.89. The molecule has 104 valence electrons. The summed E-state index contributed by atoms with van der Waals surface area (Å²) < 4.78 is 0. The Morgan fingerprint density at radius 1 is 1.26 bits per heavy atom. The predicted molar refractivity (Wildman–Crippen MR) is 73.7 cm³/mol. The van der Waals surface area contributed by atoms with E-state index in [4.69, 9.17) is 5.84 Å². The maximum absolute atomic E-state index is 10.9. The van der Waals surface area contributed by atoms with Gasteiger partial charge in [-0.05, 0) is 10.8 Å². The highest BCUT2D eigenvalue weighted by atomic mass is 16.6. The number of aromatic nitrogens is 1. The number of nitrogen functional groups attached to an aromatic ring is 1. The average molecular weight is 265 g/mol. The van der Waals surface area contributed by atoms with E-state index < -0.39 is 4.92 Å². The number of nitrogens with one attached hydrogen (secondary N) is 2. The van der Waals surface area contributed by atoms with Crippen LogP contribution in [0.2, 0.25) is 0 Å². The smallest absolute Gasteiger partial charge is 0.276 e. The van der Waals surface area contributed by atoms with Gasteiger partial charge in [0.05, 0.1) is 17.1 Å². The highest BCUT2D eigenvalue weighted by Crippen LogP contribution is 2.63. The molecule has 1 saturated carbocycles. The Hall–Kier alpha value is -1.89. The predicted octanol–water partition coefficient (Wildman–Crippen LogP) is 2.12. The van der Waals surface area contributed by atoms with Crippen LogP contribution in [0.3, 0.4) is 0 Å². The van der Waals surface area contributed by atoms with Crippen LogP contribution in [-0.4, -0.2) is 15.9 Å². The van der Waals surface area contributed by atoms with Gasteiger partial charge >= 0.3 is 0 Å². The number of rotatable bonds is 4. The van der Waals surface area contributed by atoms with Crippen LogP contribution >= 0.6 is 0 Å². The molecule has 0 amide bonds. The van der Waals surface area contributed by atoms with Crippen LogP contribution in [0.5, 0.6) is 0 Å². The first-order valence-corrected chi connectivity index (χ1v) is 6.10. The molecule has 1 aromatic heterocycles. The molecule has 0 spiro atoms. The molecule has 0 radical (unpaired) electrons. The number of hydrogen-bond donors (Lipinski definition) is 3. The number of hydrazine groups is 1. The summed E-state index contributed by atoms with van der Waals surface area (Å²) in [7, 11) is 0. The van der Waals surface area contributed by atoms with E-state index in [1.165, 1.54) is 12.1 Å². The molecule has 1 fully saturated rings. The van der Waals surface area contributed by atoms with Crippen molar-refractivity contribution in [1.82, 2.24) is 4.98 Å². The molecule has 0 aromatic carbocycles. The Morgan fingerprint density at radius 2 is 1.79 bits per heavy atom. The van der Waals surface area contributed by atoms with Crippen molar-refractivity contribution in [2.75, 3.05) is 10.7 Å². The molecule has 7 nitrogen and oxygen atoms in total. The summed E-state index contributed by atoms with van der Waals surface area (Å²) in [6.45, 7) is 8.63. The molecule has 1 aliphatic carbocycles. The topological polar surface area (TPSA) is 106 Å². The summed E-state index contributed by atoms with van der Waals surface area (Å²) >= 11 is 0. The van der Waals surface area contributed by atoms with Crippen molar-refractivity contribution >= 4 is 17.3 Å². The lowest BCUT2D eigenvalue weighted by Crippen LogP contribution is -2.14. The van der Waals surface area contributed by atoms with Gasteiger partial charge in [0.25, 0.3) is 5.69 Å². The first kappa shape index (κ1) is 13.5. The fourth-order valence-corrected chi connectivity index (χ4v) is 2.47. The number of hydrogen-bond acceptors (Lipinski definition) is 6. The van der Waals surface area contributed by atoms with Crippen LogP contribution in [0.25, 0.3) is 0 Å². The van der Waals surface area contributed by atoms with Crippen molar-refractivity contribution in [3.05, 3.63) is 22.2 Å². The fourth-order valence-electron chi connectivity index (χ4n) is 2.47. The zero-order chi connectivity index (χ0) is 14.4. The molecule has 0 atom stereocenters. The van der Waals surface area contributed by atoms with Crippen LogP contribution in [-0.2, 0) is 0 Å². The molecular formula is C12H19N5O2. The standard InChI is InChI=1S/C12H19N5O2/c1-11(2)10(12(11,3)4)15-8-5-7(17(18)19)6-9(14-8)16-13/h5-6,10H,13H2,1-4H3,(H2,14,15,16). The van der Waals surface area contributed by atoms with E-state index in [1.54, 1.807) is 0 Å². The van der Waals surface area contributed by atoms with Gasteiger partial charge in [-0.2, -0.15) is 0 Å². The Balaban J connectivity index is 2.27. The zero-order valence-corrected chi connectivity index (χ0v) is 11.5. The van der Waals surface area contributed by atoms with Crippen LogP contribution < -0.4 is 16.6 Å². The second-order valence-corrected chi connectivity index (χ2v) is 6.02. The van der Waals surface area contributed by atoms with Gasteiger partial charge in [0, 0.05) is 6.04 Å². The van der Waals surface area contributed by atoms with Gasteiger partial charge in [0.2, 0.25) is 0 Å². The number of pyridine rings is 1. The summed E-state index contributed by atoms with van der Waals surface area (Å²) in [5.74, 6) is 6.01. The maximum Gasteiger partial charge on any atom is 0.276 e. The van der Waals surface area contributed by atoms with E-state index in [0.29, 0.717) is 5.82 Å². The van der Waals surface area contributed by atoms with Crippen molar-refractivity contribution in [1.29, 1.82) is 0 Å². The third-order valence-electron chi connectivity index (χ3n) is 4.48. The lowest BCUT2D eigenvalue weighted by Gasteiger charge is -2.09. The molecule has 0 aliphatic heterocycles. The summed E-state index contributed by atoms with van der Waals surface area (Å²) in [5, 5.41) is 14.1. The van der Waals surface area contributed by atoms with Gasteiger partial charge in [-0.15, -0.1) is 0 Å². The molecule has 7 heteroatoms. The monoisotopic (exact) mass is 265 g/mol. The van der Waals surface area contributed by atoms with Crippen LogP contribution in [0.15, 0.2) is 12.1 Å². The van der Waals surface area contributed by atoms with E-state index in [2.05, 4.69) is 43.4 Å². The zero-order valence-electron chi connectivity index (χ0n) is 11.5. The summed E-state index contributed by atoms with van der Waals surface area (Å²) in [5.41, 5.74) is 2.54. The molecule has 0 saturated heterocycles. The van der Waals surface area contributed by atoms with E-state index >= 15 is 0 Å². The third kappa shape index (κ3) is 2.10. The van der Waals surface area contributed by atoms with E-state index in [1.807, 2.05) is 0 Å². The minimum atomic E-state index is -0.461. The van der Waals surface area contributed by atoms with Gasteiger partial charge in [0.1, 0.15) is 11.6 Å². The largest absolute Gasteiger partial charge is 0.366 e. The van der Waals surface area contributed by atoms with Crippen molar-refractivity contribution < 1.29 is 4.92 Å². The minimum Gasteiger partial charge on any atom is -0.366 e. The van der Waals surface area contributed by atoms with Crippen molar-refractivity contribution in [2.24, 2.45) is 16.7 Å². The summed E-state index contributed by atoms with van der Waals surface area (Å²) in [6, 6.07) is 2.94. The number of nitro groups is 1. The lowest BCUT2D eigenvalue weighted by atomic mass is 10.0. The molecule has 0 unspecified atom stereocenters. The van der Waals surface area contributed by atoms with Crippen molar-refractivity contribution in [2.45, 2.75) is 33.7 Å². The van der Waals surface area contributed by atoms with E-state index in [-0.39, 0.29) is 28.4 Å². The number of anilines is 2. The molecule has 1 aliphatic rings. The molecule has 1 aromatic rings. The van der Waals surface area contributed by atoms with Crippen LogP contribution in [0.4, 0.5) is 17.3 Å². The molecule has 4 N–H and O–H groups in total. The fraction of sp³-hybridized carbons (Fsp3) is 0.583. The highest BCUT2D eigenvalue weighted by molar-refractivity contribution is 5.55. The average Bonchev–Trinajstić information content (AvgIpc) is 2.71.